The Morgan fingerprint density at radius 1 is 1.26 bits per heavy atom. The molecule has 0 saturated carbocycles. The van der Waals surface area contributed by atoms with Crippen LogP contribution in [-0.4, -0.2) is 32.5 Å². The molecule has 1 aromatic carbocycles. The number of nitrogens with zero attached hydrogens (tertiary/aromatic N) is 1. The number of benzene rings is 1. The molecule has 0 heterocycles. The lowest BCUT2D eigenvalue weighted by atomic mass is 10.0. The van der Waals surface area contributed by atoms with Crippen LogP contribution in [0.3, 0.4) is 0 Å². The van der Waals surface area contributed by atoms with Crippen molar-refractivity contribution in [3.05, 3.63) is 29.8 Å². The van der Waals surface area contributed by atoms with E-state index in [9.17, 15) is 9.59 Å². The Morgan fingerprint density at radius 3 is 2.35 bits per heavy atom. The van der Waals surface area contributed by atoms with Crippen LogP contribution >= 0.6 is 0 Å². The van der Waals surface area contributed by atoms with E-state index in [1.165, 1.54) is 26.4 Å². The van der Waals surface area contributed by atoms with Crippen LogP contribution in [0, 0.1) is 17.2 Å². The number of hydrogen-bond donors (Lipinski definition) is 1. The molecule has 1 amide bonds. The number of ether oxygens (including phenoxy) is 2. The van der Waals surface area contributed by atoms with E-state index >= 15 is 0 Å². The van der Waals surface area contributed by atoms with Crippen molar-refractivity contribution in [3.63, 3.8) is 0 Å². The van der Waals surface area contributed by atoms with Gasteiger partial charge in [0.25, 0.3) is 0 Å². The van der Waals surface area contributed by atoms with E-state index in [2.05, 4.69) is 5.32 Å². The molecule has 0 spiro atoms. The van der Waals surface area contributed by atoms with Crippen molar-refractivity contribution in [1.82, 2.24) is 5.32 Å². The van der Waals surface area contributed by atoms with Crippen molar-refractivity contribution < 1.29 is 19.1 Å². The highest BCUT2D eigenvalue weighted by Gasteiger charge is 2.23. The van der Waals surface area contributed by atoms with E-state index in [1.54, 1.807) is 24.3 Å². The third-order valence-electron chi connectivity index (χ3n) is 3.04. The SMILES string of the molecule is CCCNC(=O)C(C#N)C(=O)C=Cc1cc(OC)cc(OC)c1. The maximum Gasteiger partial charge on any atom is 0.245 e. The van der Waals surface area contributed by atoms with Crippen molar-refractivity contribution in [1.29, 1.82) is 5.26 Å². The summed E-state index contributed by atoms with van der Waals surface area (Å²) in [5, 5.41) is 11.6. The van der Waals surface area contributed by atoms with Gasteiger partial charge in [0.05, 0.1) is 20.3 Å². The standard InChI is InChI=1S/C17H20N2O4/c1-4-7-19-17(21)15(11-18)16(20)6-5-12-8-13(22-2)10-14(9-12)23-3/h5-6,8-10,15H,4,7H2,1-3H3,(H,19,21). The molecule has 122 valence electrons. The van der Waals surface area contributed by atoms with Crippen molar-refractivity contribution >= 4 is 17.8 Å². The average molecular weight is 316 g/mol. The van der Waals surface area contributed by atoms with Gasteiger partial charge in [0.1, 0.15) is 11.5 Å². The molecule has 0 radical (unpaired) electrons. The number of allylic oxidation sites excluding steroid dienone is 1. The highest BCUT2D eigenvalue weighted by Crippen LogP contribution is 2.23. The highest BCUT2D eigenvalue weighted by atomic mass is 16.5. The zero-order chi connectivity index (χ0) is 17.2. The minimum Gasteiger partial charge on any atom is -0.497 e. The van der Waals surface area contributed by atoms with Crippen LogP contribution in [0.25, 0.3) is 6.08 Å². The number of nitrogens with one attached hydrogen (secondary N) is 1. The maximum atomic E-state index is 12.0. The molecule has 0 fully saturated rings. The smallest absolute Gasteiger partial charge is 0.245 e. The molecule has 1 unspecified atom stereocenters. The molecule has 0 aliphatic rings. The molecule has 0 aromatic heterocycles. The van der Waals surface area contributed by atoms with Gasteiger partial charge >= 0.3 is 0 Å². The van der Waals surface area contributed by atoms with E-state index in [1.807, 2.05) is 6.92 Å². The van der Waals surface area contributed by atoms with Crippen LogP contribution in [0.5, 0.6) is 11.5 Å². The number of methoxy groups -OCH3 is 2. The Morgan fingerprint density at radius 2 is 1.87 bits per heavy atom. The van der Waals surface area contributed by atoms with Gasteiger partial charge in [0.2, 0.25) is 5.91 Å². The van der Waals surface area contributed by atoms with Crippen LogP contribution in [-0.2, 0) is 9.59 Å². The first-order chi connectivity index (χ1) is 11.0. The molecule has 6 heteroatoms. The molecule has 23 heavy (non-hydrogen) atoms. The van der Waals surface area contributed by atoms with E-state index < -0.39 is 17.6 Å². The lowest BCUT2D eigenvalue weighted by Gasteiger charge is -2.07. The molecule has 1 rings (SSSR count). The van der Waals surface area contributed by atoms with Crippen LogP contribution in [0.15, 0.2) is 24.3 Å². The van der Waals surface area contributed by atoms with Crippen molar-refractivity contribution in [2.24, 2.45) is 5.92 Å². The van der Waals surface area contributed by atoms with Crippen molar-refractivity contribution in [2.75, 3.05) is 20.8 Å². The minimum atomic E-state index is -1.34. The molecular weight excluding hydrogens is 296 g/mol. The van der Waals surface area contributed by atoms with Gasteiger partial charge in [-0.15, -0.1) is 0 Å². The summed E-state index contributed by atoms with van der Waals surface area (Å²) in [7, 11) is 3.05. The first-order valence-electron chi connectivity index (χ1n) is 7.18. The largest absolute Gasteiger partial charge is 0.497 e. The molecule has 0 aliphatic heterocycles. The fourth-order valence-corrected chi connectivity index (χ4v) is 1.80. The van der Waals surface area contributed by atoms with E-state index in [-0.39, 0.29) is 0 Å². The second-order valence-electron chi connectivity index (χ2n) is 4.73. The van der Waals surface area contributed by atoms with E-state index in [0.29, 0.717) is 23.6 Å². The number of carbonyl (C=O) groups is 2. The third-order valence-corrected chi connectivity index (χ3v) is 3.04. The summed E-state index contributed by atoms with van der Waals surface area (Å²) >= 11 is 0. The summed E-state index contributed by atoms with van der Waals surface area (Å²) in [6, 6.07) is 6.86. The lowest BCUT2D eigenvalue weighted by molar-refractivity contribution is -0.129. The average Bonchev–Trinajstić information content (AvgIpc) is 2.58. The first-order valence-corrected chi connectivity index (χ1v) is 7.18. The third kappa shape index (κ3) is 5.47. The monoisotopic (exact) mass is 316 g/mol. The Hall–Kier alpha value is -2.81. The highest BCUT2D eigenvalue weighted by molar-refractivity contribution is 6.10. The Kier molecular flexibility index (Phi) is 7.34. The number of ketones is 1. The molecule has 6 nitrogen and oxygen atoms in total. The van der Waals surface area contributed by atoms with Gasteiger partial charge in [-0.3, -0.25) is 9.59 Å². The molecule has 0 bridgehead atoms. The summed E-state index contributed by atoms with van der Waals surface area (Å²) < 4.78 is 10.3. The Labute approximate surface area is 135 Å². The minimum absolute atomic E-state index is 0.432. The lowest BCUT2D eigenvalue weighted by Crippen LogP contribution is -2.34. The van der Waals surface area contributed by atoms with E-state index in [0.717, 1.165) is 6.42 Å². The van der Waals surface area contributed by atoms with Gasteiger partial charge in [-0.05, 0) is 30.2 Å². The number of nitriles is 1. The van der Waals surface area contributed by atoms with Gasteiger partial charge in [0.15, 0.2) is 11.7 Å². The van der Waals surface area contributed by atoms with Gasteiger partial charge in [-0.25, -0.2) is 0 Å². The summed E-state index contributed by atoms with van der Waals surface area (Å²) in [5.41, 5.74) is 0.667. The number of rotatable bonds is 8. The number of amides is 1. The van der Waals surface area contributed by atoms with Gasteiger partial charge in [-0.2, -0.15) is 5.26 Å². The molecular formula is C17H20N2O4. The zero-order valence-corrected chi connectivity index (χ0v) is 13.5. The molecule has 0 aliphatic carbocycles. The van der Waals surface area contributed by atoms with Crippen LogP contribution in [0.4, 0.5) is 0 Å². The zero-order valence-electron chi connectivity index (χ0n) is 13.5. The quantitative estimate of drug-likeness (QED) is 0.585. The molecule has 1 aromatic rings. The van der Waals surface area contributed by atoms with E-state index in [4.69, 9.17) is 14.7 Å². The fourth-order valence-electron chi connectivity index (χ4n) is 1.80. The van der Waals surface area contributed by atoms with Gasteiger partial charge < -0.3 is 14.8 Å². The van der Waals surface area contributed by atoms with Gasteiger partial charge in [0, 0.05) is 12.6 Å². The predicted octanol–water partition coefficient (Wildman–Crippen LogP) is 1.95. The first kappa shape index (κ1) is 18.2. The van der Waals surface area contributed by atoms with Crippen molar-refractivity contribution in [2.45, 2.75) is 13.3 Å². The number of hydrogen-bond acceptors (Lipinski definition) is 5. The van der Waals surface area contributed by atoms with Crippen LogP contribution in [0.1, 0.15) is 18.9 Å². The second-order valence-corrected chi connectivity index (χ2v) is 4.73. The van der Waals surface area contributed by atoms with Crippen LogP contribution < -0.4 is 14.8 Å². The summed E-state index contributed by atoms with van der Waals surface area (Å²) in [6.07, 6.45) is 3.47. The summed E-state index contributed by atoms with van der Waals surface area (Å²) in [4.78, 5) is 23.8. The van der Waals surface area contributed by atoms with Gasteiger partial charge in [-0.1, -0.05) is 13.0 Å². The fraction of sp³-hybridized carbons (Fsp3) is 0.353. The summed E-state index contributed by atoms with van der Waals surface area (Å²) in [5.74, 6) is -1.33. The number of carbonyl (C=O) groups excluding carboxylic acids is 2. The summed E-state index contributed by atoms with van der Waals surface area (Å²) in [6.45, 7) is 2.32. The van der Waals surface area contributed by atoms with Crippen LogP contribution in [0.2, 0.25) is 0 Å². The second kappa shape index (κ2) is 9.26. The normalized spacial score (nSPS) is 11.6. The topological polar surface area (TPSA) is 88.4 Å². The van der Waals surface area contributed by atoms with Crippen molar-refractivity contribution in [3.8, 4) is 17.6 Å². The Balaban J connectivity index is 2.88. The molecule has 1 N–H and O–H groups in total. The Bertz CT molecular complexity index is 610. The molecule has 1 atom stereocenters. The molecule has 0 saturated heterocycles. The maximum absolute atomic E-state index is 12.0. The predicted molar refractivity (Wildman–Crippen MR) is 86.0 cm³/mol.